The third-order valence-electron chi connectivity index (χ3n) is 4.69. The highest BCUT2D eigenvalue weighted by Crippen LogP contribution is 2.36. The lowest BCUT2D eigenvalue weighted by Crippen LogP contribution is -2.37. The van der Waals surface area contributed by atoms with Crippen molar-refractivity contribution < 1.29 is 8.78 Å². The van der Waals surface area contributed by atoms with Gasteiger partial charge in [-0.05, 0) is 50.5 Å². The van der Waals surface area contributed by atoms with Crippen molar-refractivity contribution in [1.82, 2.24) is 5.32 Å². The Balaban J connectivity index is 1.70. The lowest BCUT2D eigenvalue weighted by Gasteiger charge is -2.30. The molecule has 2 aliphatic carbocycles. The Morgan fingerprint density at radius 3 is 2.67 bits per heavy atom. The molecule has 18 heavy (non-hydrogen) atoms. The highest BCUT2D eigenvalue weighted by molar-refractivity contribution is 4.81. The van der Waals surface area contributed by atoms with Crippen LogP contribution in [0.2, 0.25) is 0 Å². The van der Waals surface area contributed by atoms with Crippen LogP contribution in [0.15, 0.2) is 0 Å². The Morgan fingerprint density at radius 2 is 1.89 bits per heavy atom. The Kier molecular flexibility index (Phi) is 4.99. The van der Waals surface area contributed by atoms with E-state index in [0.717, 1.165) is 18.9 Å². The van der Waals surface area contributed by atoms with Crippen molar-refractivity contribution in [3.8, 4) is 0 Å². The molecule has 0 heterocycles. The summed E-state index contributed by atoms with van der Waals surface area (Å²) in [6.45, 7) is 3.12. The number of hydrogen-bond acceptors (Lipinski definition) is 1. The van der Waals surface area contributed by atoms with Gasteiger partial charge in [0.2, 0.25) is 5.92 Å². The summed E-state index contributed by atoms with van der Waals surface area (Å²) < 4.78 is 26.6. The van der Waals surface area contributed by atoms with Crippen molar-refractivity contribution in [2.24, 2.45) is 11.8 Å². The summed E-state index contributed by atoms with van der Waals surface area (Å²) in [7, 11) is 0. The van der Waals surface area contributed by atoms with Crippen molar-refractivity contribution in [2.45, 2.75) is 76.7 Å². The van der Waals surface area contributed by atoms with Gasteiger partial charge in [0, 0.05) is 18.9 Å². The third kappa shape index (κ3) is 4.49. The van der Waals surface area contributed by atoms with Crippen LogP contribution in [-0.4, -0.2) is 18.5 Å². The third-order valence-corrected chi connectivity index (χ3v) is 4.69. The van der Waals surface area contributed by atoms with E-state index in [1.807, 2.05) is 0 Å². The van der Waals surface area contributed by atoms with Crippen molar-refractivity contribution >= 4 is 0 Å². The maximum absolute atomic E-state index is 13.3. The molecule has 3 heteroatoms. The van der Waals surface area contributed by atoms with Crippen LogP contribution in [0.5, 0.6) is 0 Å². The molecule has 0 saturated heterocycles. The molecular weight excluding hydrogens is 232 g/mol. The lowest BCUT2D eigenvalue weighted by molar-refractivity contribution is -0.0523. The van der Waals surface area contributed by atoms with E-state index in [2.05, 4.69) is 12.2 Å². The fourth-order valence-corrected chi connectivity index (χ4v) is 3.47. The Hall–Kier alpha value is -0.180. The zero-order valence-electron chi connectivity index (χ0n) is 11.6. The summed E-state index contributed by atoms with van der Waals surface area (Å²) in [5.74, 6) is -1.37. The van der Waals surface area contributed by atoms with Gasteiger partial charge in [0.25, 0.3) is 0 Å². The number of hydrogen-bond donors (Lipinski definition) is 1. The average molecular weight is 259 g/mol. The van der Waals surface area contributed by atoms with E-state index in [4.69, 9.17) is 0 Å². The first-order chi connectivity index (χ1) is 8.55. The van der Waals surface area contributed by atoms with E-state index in [1.165, 1.54) is 32.1 Å². The molecule has 2 fully saturated rings. The van der Waals surface area contributed by atoms with Gasteiger partial charge in [0.05, 0.1) is 0 Å². The van der Waals surface area contributed by atoms with Gasteiger partial charge in [0.15, 0.2) is 0 Å². The molecule has 2 rings (SSSR count). The van der Waals surface area contributed by atoms with E-state index in [-0.39, 0.29) is 18.8 Å². The summed E-state index contributed by atoms with van der Waals surface area (Å²) in [5.41, 5.74) is 0. The predicted octanol–water partition coefficient (Wildman–Crippen LogP) is 4.37. The Labute approximate surface area is 110 Å². The SMILES string of the molecule is CC1CCCC(NCC2CCCC(F)(F)C2)CC1. The first-order valence-electron chi connectivity index (χ1n) is 7.66. The molecule has 3 atom stereocenters. The van der Waals surface area contributed by atoms with E-state index < -0.39 is 5.92 Å². The first-order valence-corrected chi connectivity index (χ1v) is 7.66. The van der Waals surface area contributed by atoms with Crippen LogP contribution in [0.1, 0.15) is 64.7 Å². The molecule has 1 nitrogen and oxygen atoms in total. The molecular formula is C15H27F2N. The minimum Gasteiger partial charge on any atom is -0.314 e. The summed E-state index contributed by atoms with van der Waals surface area (Å²) >= 11 is 0. The predicted molar refractivity (Wildman–Crippen MR) is 70.9 cm³/mol. The van der Waals surface area contributed by atoms with Crippen LogP contribution in [0, 0.1) is 11.8 Å². The second-order valence-corrected chi connectivity index (χ2v) is 6.54. The largest absolute Gasteiger partial charge is 0.314 e. The van der Waals surface area contributed by atoms with E-state index in [1.54, 1.807) is 0 Å². The van der Waals surface area contributed by atoms with Gasteiger partial charge in [-0.2, -0.15) is 0 Å². The van der Waals surface area contributed by atoms with Crippen LogP contribution in [0.25, 0.3) is 0 Å². The van der Waals surface area contributed by atoms with Crippen LogP contribution in [-0.2, 0) is 0 Å². The molecule has 0 aliphatic heterocycles. The van der Waals surface area contributed by atoms with E-state index >= 15 is 0 Å². The maximum atomic E-state index is 13.3. The number of rotatable bonds is 3. The zero-order chi connectivity index (χ0) is 13.0. The molecule has 3 unspecified atom stereocenters. The molecule has 0 spiro atoms. The van der Waals surface area contributed by atoms with Gasteiger partial charge in [-0.3, -0.25) is 0 Å². The normalized spacial score (nSPS) is 37.2. The van der Waals surface area contributed by atoms with Crippen molar-refractivity contribution in [3.05, 3.63) is 0 Å². The van der Waals surface area contributed by atoms with Gasteiger partial charge in [0.1, 0.15) is 0 Å². The summed E-state index contributed by atoms with van der Waals surface area (Å²) in [5, 5.41) is 3.56. The molecule has 0 aromatic heterocycles. The molecule has 0 aromatic carbocycles. The second-order valence-electron chi connectivity index (χ2n) is 6.54. The molecule has 2 aliphatic rings. The summed E-state index contributed by atoms with van der Waals surface area (Å²) in [4.78, 5) is 0. The number of nitrogens with one attached hydrogen (secondary N) is 1. The van der Waals surface area contributed by atoms with Gasteiger partial charge in [-0.25, -0.2) is 8.78 Å². The Morgan fingerprint density at radius 1 is 1.06 bits per heavy atom. The molecule has 0 bridgehead atoms. The number of alkyl halides is 2. The monoisotopic (exact) mass is 259 g/mol. The molecule has 0 amide bonds. The molecule has 106 valence electrons. The van der Waals surface area contributed by atoms with Crippen molar-refractivity contribution in [2.75, 3.05) is 6.54 Å². The quantitative estimate of drug-likeness (QED) is 0.742. The fraction of sp³-hybridized carbons (Fsp3) is 1.00. The van der Waals surface area contributed by atoms with Crippen LogP contribution >= 0.6 is 0 Å². The topological polar surface area (TPSA) is 12.0 Å². The van der Waals surface area contributed by atoms with Gasteiger partial charge >= 0.3 is 0 Å². The van der Waals surface area contributed by atoms with Crippen LogP contribution in [0.4, 0.5) is 8.78 Å². The van der Waals surface area contributed by atoms with Gasteiger partial charge < -0.3 is 5.32 Å². The summed E-state index contributed by atoms with van der Waals surface area (Å²) in [6, 6.07) is 0.575. The highest BCUT2D eigenvalue weighted by atomic mass is 19.3. The second kappa shape index (κ2) is 6.31. The average Bonchev–Trinajstić information content (AvgIpc) is 2.50. The van der Waals surface area contributed by atoms with Crippen LogP contribution in [0.3, 0.4) is 0 Å². The first kappa shape index (κ1) is 14.2. The van der Waals surface area contributed by atoms with E-state index in [9.17, 15) is 8.78 Å². The van der Waals surface area contributed by atoms with Crippen molar-refractivity contribution in [1.29, 1.82) is 0 Å². The Bertz CT molecular complexity index is 255. The smallest absolute Gasteiger partial charge is 0.248 e. The molecule has 0 aromatic rings. The molecule has 2 saturated carbocycles. The lowest BCUT2D eigenvalue weighted by atomic mass is 9.86. The standard InChI is InChI=1S/C15H27F2N/c1-12-4-2-6-14(8-7-12)18-11-13-5-3-9-15(16,17)10-13/h12-14,18H,2-11H2,1H3. The summed E-state index contributed by atoms with van der Waals surface area (Å²) in [6.07, 6.45) is 8.25. The number of halogens is 2. The van der Waals surface area contributed by atoms with Crippen LogP contribution < -0.4 is 5.32 Å². The minimum atomic E-state index is -2.40. The van der Waals surface area contributed by atoms with Gasteiger partial charge in [-0.15, -0.1) is 0 Å². The maximum Gasteiger partial charge on any atom is 0.248 e. The minimum absolute atomic E-state index is 0.100. The fourth-order valence-electron chi connectivity index (χ4n) is 3.47. The van der Waals surface area contributed by atoms with Gasteiger partial charge in [-0.1, -0.05) is 19.8 Å². The van der Waals surface area contributed by atoms with E-state index in [0.29, 0.717) is 12.5 Å². The molecule has 1 N–H and O–H groups in total. The molecule has 0 radical (unpaired) electrons. The van der Waals surface area contributed by atoms with Crippen molar-refractivity contribution in [3.63, 3.8) is 0 Å². The zero-order valence-corrected chi connectivity index (χ0v) is 11.6. The highest BCUT2D eigenvalue weighted by Gasteiger charge is 2.36.